The molecule has 0 aromatic heterocycles. The Bertz CT molecular complexity index is 908. The molecule has 0 fully saturated rings. The molecule has 0 amide bonds. The number of rotatable bonds is 3. The second-order valence-corrected chi connectivity index (χ2v) is 6.12. The third-order valence-corrected chi connectivity index (χ3v) is 4.36. The monoisotopic (exact) mass is 344 g/mol. The van der Waals surface area contributed by atoms with E-state index in [1.54, 1.807) is 7.11 Å². The molecule has 1 N–H and O–H groups in total. The molecule has 0 bridgehead atoms. The van der Waals surface area contributed by atoms with E-state index in [4.69, 9.17) is 14.5 Å². The first-order chi connectivity index (χ1) is 12.8. The first kappa shape index (κ1) is 16.2. The van der Waals surface area contributed by atoms with E-state index >= 15 is 0 Å². The lowest BCUT2D eigenvalue weighted by atomic mass is 10.00. The van der Waals surface area contributed by atoms with Crippen LogP contribution in [0, 0.1) is 0 Å². The normalized spacial score (nSPS) is 15.9. The second kappa shape index (κ2) is 7.31. The van der Waals surface area contributed by atoms with Crippen molar-refractivity contribution in [3.05, 3.63) is 90.0 Å². The predicted octanol–water partition coefficient (Wildman–Crippen LogP) is 5.11. The summed E-state index contributed by atoms with van der Waals surface area (Å²) in [4.78, 5) is 4.71. The van der Waals surface area contributed by atoms with E-state index in [9.17, 15) is 0 Å². The molecule has 0 radical (unpaired) electrons. The van der Waals surface area contributed by atoms with Gasteiger partial charge >= 0.3 is 0 Å². The van der Waals surface area contributed by atoms with Gasteiger partial charge in [0.05, 0.1) is 12.8 Å². The SMILES string of the molecule is COc1ccc2c(c1)CC(c1ccccc1)OC(Nc1ccccc1)=N2. The van der Waals surface area contributed by atoms with Gasteiger partial charge in [0.15, 0.2) is 0 Å². The molecule has 4 nitrogen and oxygen atoms in total. The summed E-state index contributed by atoms with van der Waals surface area (Å²) in [6.07, 6.45) is 0.597. The lowest BCUT2D eigenvalue weighted by Crippen LogP contribution is -2.19. The Labute approximate surface area is 153 Å². The molecule has 1 heterocycles. The van der Waals surface area contributed by atoms with Gasteiger partial charge in [0.25, 0.3) is 6.02 Å². The zero-order valence-corrected chi connectivity index (χ0v) is 14.6. The van der Waals surface area contributed by atoms with Gasteiger partial charge in [-0.3, -0.25) is 0 Å². The van der Waals surface area contributed by atoms with Crippen molar-refractivity contribution in [2.75, 3.05) is 12.4 Å². The zero-order valence-electron chi connectivity index (χ0n) is 14.6. The number of hydrogen-bond acceptors (Lipinski definition) is 4. The van der Waals surface area contributed by atoms with Gasteiger partial charge in [-0.25, -0.2) is 0 Å². The molecular weight excluding hydrogens is 324 g/mol. The Morgan fingerprint density at radius 2 is 1.69 bits per heavy atom. The topological polar surface area (TPSA) is 42.9 Å². The van der Waals surface area contributed by atoms with E-state index in [0.717, 1.165) is 34.7 Å². The van der Waals surface area contributed by atoms with E-state index in [2.05, 4.69) is 17.4 Å². The molecule has 3 aromatic carbocycles. The molecule has 1 atom stereocenters. The van der Waals surface area contributed by atoms with Gasteiger partial charge in [0, 0.05) is 12.1 Å². The summed E-state index contributed by atoms with van der Waals surface area (Å²) >= 11 is 0. The second-order valence-electron chi connectivity index (χ2n) is 6.12. The average molecular weight is 344 g/mol. The first-order valence-electron chi connectivity index (χ1n) is 8.61. The summed E-state index contributed by atoms with van der Waals surface area (Å²) in [6.45, 7) is 0. The van der Waals surface area contributed by atoms with Crippen molar-refractivity contribution in [1.82, 2.24) is 0 Å². The van der Waals surface area contributed by atoms with Gasteiger partial charge in [-0.2, -0.15) is 4.99 Å². The smallest absolute Gasteiger partial charge is 0.295 e. The number of methoxy groups -OCH3 is 1. The Kier molecular flexibility index (Phi) is 4.56. The number of amidine groups is 1. The molecule has 1 aliphatic rings. The van der Waals surface area contributed by atoms with Gasteiger partial charge in [-0.15, -0.1) is 0 Å². The molecule has 1 unspecified atom stereocenters. The van der Waals surface area contributed by atoms with Gasteiger partial charge in [-0.05, 0) is 41.5 Å². The Morgan fingerprint density at radius 1 is 0.962 bits per heavy atom. The fourth-order valence-electron chi connectivity index (χ4n) is 3.03. The number of hydrogen-bond donors (Lipinski definition) is 1. The van der Waals surface area contributed by atoms with Crippen LogP contribution in [-0.4, -0.2) is 13.1 Å². The minimum absolute atomic E-state index is 0.125. The van der Waals surface area contributed by atoms with Gasteiger partial charge in [0.1, 0.15) is 11.9 Å². The lowest BCUT2D eigenvalue weighted by molar-refractivity contribution is 0.194. The Hall–Kier alpha value is -3.27. The summed E-state index contributed by atoms with van der Waals surface area (Å²) in [5, 5.41) is 3.29. The van der Waals surface area contributed by atoms with Crippen molar-refractivity contribution < 1.29 is 9.47 Å². The number of anilines is 1. The van der Waals surface area contributed by atoms with Crippen LogP contribution in [0.3, 0.4) is 0 Å². The summed E-state index contributed by atoms with van der Waals surface area (Å²) in [5.41, 5.74) is 4.05. The van der Waals surface area contributed by atoms with Crippen LogP contribution in [-0.2, 0) is 11.2 Å². The van der Waals surface area contributed by atoms with Crippen molar-refractivity contribution in [3.63, 3.8) is 0 Å². The van der Waals surface area contributed by atoms with Crippen molar-refractivity contribution in [3.8, 4) is 5.75 Å². The van der Waals surface area contributed by atoms with E-state index in [1.807, 2.05) is 66.7 Å². The van der Waals surface area contributed by atoms with Gasteiger partial charge in [0.2, 0.25) is 0 Å². The number of nitrogens with one attached hydrogen (secondary N) is 1. The van der Waals surface area contributed by atoms with Crippen LogP contribution >= 0.6 is 0 Å². The summed E-state index contributed by atoms with van der Waals surface area (Å²) in [7, 11) is 1.68. The third-order valence-electron chi connectivity index (χ3n) is 4.36. The molecule has 0 saturated heterocycles. The standard InChI is InChI=1S/C22H20N2O2/c1-25-19-12-13-20-17(14-19)15-21(16-8-4-2-5-9-16)26-22(24-20)23-18-10-6-3-7-11-18/h2-14,21H,15H2,1H3,(H,23,24). The largest absolute Gasteiger partial charge is 0.497 e. The van der Waals surface area contributed by atoms with Crippen molar-refractivity contribution >= 4 is 17.4 Å². The van der Waals surface area contributed by atoms with Crippen LogP contribution in [0.25, 0.3) is 0 Å². The maximum atomic E-state index is 6.26. The molecule has 130 valence electrons. The minimum atomic E-state index is -0.125. The van der Waals surface area contributed by atoms with Crippen LogP contribution < -0.4 is 10.1 Å². The Balaban J connectivity index is 1.72. The highest BCUT2D eigenvalue weighted by Gasteiger charge is 2.22. The molecule has 26 heavy (non-hydrogen) atoms. The number of para-hydroxylation sites is 1. The van der Waals surface area contributed by atoms with E-state index in [-0.39, 0.29) is 6.10 Å². The van der Waals surface area contributed by atoms with E-state index in [1.165, 1.54) is 0 Å². The molecule has 0 aliphatic carbocycles. The number of benzene rings is 3. The molecule has 0 saturated carbocycles. The first-order valence-corrected chi connectivity index (χ1v) is 8.61. The lowest BCUT2D eigenvalue weighted by Gasteiger charge is -2.19. The fraction of sp³-hybridized carbons (Fsp3) is 0.136. The average Bonchev–Trinajstić information content (AvgIpc) is 2.88. The summed E-state index contributed by atoms with van der Waals surface area (Å²) < 4.78 is 11.6. The van der Waals surface area contributed by atoms with Crippen molar-refractivity contribution in [2.45, 2.75) is 12.5 Å². The fourth-order valence-corrected chi connectivity index (χ4v) is 3.03. The van der Waals surface area contributed by atoms with E-state index < -0.39 is 0 Å². The quantitative estimate of drug-likeness (QED) is 0.718. The highest BCUT2D eigenvalue weighted by molar-refractivity contribution is 5.91. The van der Waals surface area contributed by atoms with Crippen LogP contribution in [0.4, 0.5) is 11.4 Å². The zero-order chi connectivity index (χ0) is 17.8. The summed E-state index contributed by atoms with van der Waals surface area (Å²) in [5.74, 6) is 0.824. The maximum absolute atomic E-state index is 6.26. The number of nitrogens with zero attached hydrogens (tertiary/aromatic N) is 1. The maximum Gasteiger partial charge on any atom is 0.295 e. The minimum Gasteiger partial charge on any atom is -0.497 e. The molecule has 3 aromatic rings. The van der Waals surface area contributed by atoms with Crippen LogP contribution in [0.2, 0.25) is 0 Å². The molecule has 0 spiro atoms. The number of ether oxygens (including phenoxy) is 2. The van der Waals surface area contributed by atoms with E-state index in [0.29, 0.717) is 6.02 Å². The molecule has 1 aliphatic heterocycles. The number of fused-ring (bicyclic) bond motifs is 1. The molecular formula is C22H20N2O2. The predicted molar refractivity (Wildman–Crippen MR) is 104 cm³/mol. The molecule has 4 heteroatoms. The van der Waals surface area contributed by atoms with Crippen LogP contribution in [0.15, 0.2) is 83.9 Å². The molecule has 4 rings (SSSR count). The number of aliphatic imine (C=N–C) groups is 1. The highest BCUT2D eigenvalue weighted by atomic mass is 16.5. The van der Waals surface area contributed by atoms with Crippen molar-refractivity contribution in [2.24, 2.45) is 4.99 Å². The highest BCUT2D eigenvalue weighted by Crippen LogP contribution is 2.34. The van der Waals surface area contributed by atoms with Crippen LogP contribution in [0.5, 0.6) is 5.75 Å². The third kappa shape index (κ3) is 3.54. The Morgan fingerprint density at radius 3 is 2.42 bits per heavy atom. The van der Waals surface area contributed by atoms with Gasteiger partial charge < -0.3 is 14.8 Å². The van der Waals surface area contributed by atoms with Crippen LogP contribution in [0.1, 0.15) is 17.2 Å². The van der Waals surface area contributed by atoms with Crippen molar-refractivity contribution in [1.29, 1.82) is 0 Å². The summed E-state index contributed by atoms with van der Waals surface area (Å²) in [6, 6.07) is 26.6. The van der Waals surface area contributed by atoms with Gasteiger partial charge in [-0.1, -0.05) is 48.5 Å².